The van der Waals surface area contributed by atoms with Crippen molar-refractivity contribution in [2.75, 3.05) is 4.90 Å². The Morgan fingerprint density at radius 1 is 0.544 bits per heavy atom. The maximum Gasteiger partial charge on any atom is 0.418 e. The molecule has 6 aromatic carbocycles. The van der Waals surface area contributed by atoms with Crippen molar-refractivity contribution in [2.45, 2.75) is 18.6 Å². The number of hydrogen-bond acceptors (Lipinski definition) is 3. The van der Waals surface area contributed by atoms with Crippen LogP contribution in [-0.4, -0.2) is 20.6 Å². The van der Waals surface area contributed by atoms with Crippen LogP contribution in [0.25, 0.3) is 72.2 Å². The first-order chi connectivity index (χ1) is 33.2. The lowest BCUT2D eigenvalue weighted by Crippen LogP contribution is -2.29. The summed E-state index contributed by atoms with van der Waals surface area (Å²) in [7, 11) is 0. The third-order valence-corrected chi connectivity index (χ3v) is 13.1. The molecule has 0 bridgehead atoms. The van der Waals surface area contributed by atoms with Crippen molar-refractivity contribution in [3.05, 3.63) is 245 Å². The normalized spacial score (nSPS) is 16.5. The number of alkyl halides is 3. The van der Waals surface area contributed by atoms with Gasteiger partial charge in [-0.1, -0.05) is 134 Å². The number of nitrogens with zero attached hydrogens (tertiary/aromatic N) is 4. The summed E-state index contributed by atoms with van der Waals surface area (Å²) >= 11 is 0. The fourth-order valence-corrected chi connectivity index (χ4v) is 10.2. The SMILES string of the molecule is Fc1cc(F)cc(-c2cc(N3c4cc(=c5cccnc5=C5C=CC=CC5)ccc4=C4C=CC=CC43)c(C(F)(F)F)cc2-n2c3ccccc3c3ccc(-c4cccnc4-c4ccccc4)cc32)c1. The minimum Gasteiger partial charge on any atom is -0.329 e. The number of aromatic nitrogens is 3. The molecule has 328 valence electrons. The number of allylic oxidation sites excluding steroid dienone is 6. The molecule has 0 amide bonds. The number of anilines is 2. The van der Waals surface area contributed by atoms with E-state index in [0.717, 1.165) is 77.4 Å². The van der Waals surface area contributed by atoms with Crippen LogP contribution < -0.4 is 15.5 Å². The first kappa shape index (κ1) is 41.0. The lowest BCUT2D eigenvalue weighted by atomic mass is 9.96. The van der Waals surface area contributed by atoms with E-state index in [1.165, 1.54) is 18.2 Å². The van der Waals surface area contributed by atoms with Gasteiger partial charge in [0, 0.05) is 56.4 Å². The molecule has 0 radical (unpaired) electrons. The largest absolute Gasteiger partial charge is 0.418 e. The van der Waals surface area contributed by atoms with Gasteiger partial charge in [-0.2, -0.15) is 13.2 Å². The number of fused-ring (bicyclic) bond motifs is 5. The average Bonchev–Trinajstić information content (AvgIpc) is 3.88. The van der Waals surface area contributed by atoms with Gasteiger partial charge in [0.15, 0.2) is 0 Å². The fraction of sp³-hybridized carbons (Fsp3) is 0.0508. The van der Waals surface area contributed by atoms with Crippen LogP contribution in [0.15, 0.2) is 207 Å². The Morgan fingerprint density at radius 2 is 1.32 bits per heavy atom. The average molecular weight is 897 g/mol. The van der Waals surface area contributed by atoms with Crippen molar-refractivity contribution >= 4 is 44.3 Å². The third kappa shape index (κ3) is 6.89. The first-order valence-electron chi connectivity index (χ1n) is 22.3. The molecule has 0 fully saturated rings. The van der Waals surface area contributed by atoms with E-state index in [1.807, 2.05) is 158 Å². The minimum absolute atomic E-state index is 0.0799. The molecule has 0 N–H and O–H groups in total. The highest BCUT2D eigenvalue weighted by Gasteiger charge is 2.41. The maximum absolute atomic E-state index is 16.3. The minimum atomic E-state index is -4.89. The zero-order valence-electron chi connectivity index (χ0n) is 36.1. The quantitative estimate of drug-likeness (QED) is 0.161. The smallest absolute Gasteiger partial charge is 0.329 e. The number of pyridine rings is 2. The Hall–Kier alpha value is -8.43. The lowest BCUT2D eigenvalue weighted by molar-refractivity contribution is -0.137. The van der Waals surface area contributed by atoms with Crippen LogP contribution in [0, 0.1) is 22.1 Å². The second-order valence-electron chi connectivity index (χ2n) is 17.1. The second-order valence-corrected chi connectivity index (χ2v) is 17.1. The van der Waals surface area contributed by atoms with Crippen molar-refractivity contribution in [1.82, 2.24) is 14.5 Å². The summed E-state index contributed by atoms with van der Waals surface area (Å²) in [5.74, 6) is -1.72. The molecule has 9 aromatic rings. The van der Waals surface area contributed by atoms with Gasteiger partial charge >= 0.3 is 6.18 Å². The van der Waals surface area contributed by atoms with E-state index in [4.69, 9.17) is 9.97 Å². The summed E-state index contributed by atoms with van der Waals surface area (Å²) in [4.78, 5) is 11.2. The van der Waals surface area contributed by atoms with Crippen molar-refractivity contribution in [3.8, 4) is 39.2 Å². The van der Waals surface area contributed by atoms with Crippen LogP contribution in [0.4, 0.5) is 33.3 Å². The van der Waals surface area contributed by atoms with Gasteiger partial charge in [-0.15, -0.1) is 0 Å². The van der Waals surface area contributed by atoms with Gasteiger partial charge in [-0.25, -0.2) is 8.78 Å². The van der Waals surface area contributed by atoms with E-state index < -0.39 is 29.4 Å². The number of para-hydroxylation sites is 1. The number of hydrogen-bond donors (Lipinski definition) is 0. The summed E-state index contributed by atoms with van der Waals surface area (Å²) in [5.41, 5.74) is 6.20. The molecule has 1 aliphatic heterocycles. The Morgan fingerprint density at radius 3 is 2.15 bits per heavy atom. The third-order valence-electron chi connectivity index (χ3n) is 13.1. The van der Waals surface area contributed by atoms with Crippen LogP contribution in [-0.2, 0) is 6.18 Å². The number of benzene rings is 6. The highest BCUT2D eigenvalue weighted by atomic mass is 19.4. The molecule has 1 atom stereocenters. The summed E-state index contributed by atoms with van der Waals surface area (Å²) in [6, 6.07) is 41.8. The Balaban J connectivity index is 1.16. The van der Waals surface area contributed by atoms with E-state index in [1.54, 1.807) is 21.9 Å². The number of rotatable bonds is 5. The van der Waals surface area contributed by atoms with Crippen molar-refractivity contribution in [1.29, 1.82) is 0 Å². The predicted molar refractivity (Wildman–Crippen MR) is 261 cm³/mol. The number of halogens is 5. The van der Waals surface area contributed by atoms with Crippen molar-refractivity contribution in [3.63, 3.8) is 0 Å². The van der Waals surface area contributed by atoms with Crippen LogP contribution in [0.1, 0.15) is 12.0 Å². The van der Waals surface area contributed by atoms with Crippen molar-refractivity contribution in [2.24, 2.45) is 0 Å². The molecule has 4 heterocycles. The Kier molecular flexibility index (Phi) is 9.76. The van der Waals surface area contributed by atoms with Gasteiger partial charge in [0.2, 0.25) is 0 Å². The highest BCUT2D eigenvalue weighted by Crippen LogP contribution is 2.49. The van der Waals surface area contributed by atoms with E-state index in [9.17, 15) is 0 Å². The van der Waals surface area contributed by atoms with E-state index in [2.05, 4.69) is 6.08 Å². The topological polar surface area (TPSA) is 34.0 Å². The Bertz CT molecular complexity index is 3900. The van der Waals surface area contributed by atoms with Crippen LogP contribution >= 0.6 is 0 Å². The molecule has 9 heteroatoms. The zero-order valence-corrected chi connectivity index (χ0v) is 36.1. The summed E-state index contributed by atoms with van der Waals surface area (Å²) in [5, 5.41) is 4.76. The molecule has 0 saturated carbocycles. The second kappa shape index (κ2) is 16.2. The first-order valence-corrected chi connectivity index (χ1v) is 22.3. The monoisotopic (exact) mass is 896 g/mol. The molecule has 2 aliphatic carbocycles. The lowest BCUT2D eigenvalue weighted by Gasteiger charge is -2.32. The fourth-order valence-electron chi connectivity index (χ4n) is 10.2. The van der Waals surface area contributed by atoms with Gasteiger partial charge in [-0.05, 0) is 88.5 Å². The van der Waals surface area contributed by atoms with Gasteiger partial charge in [-0.3, -0.25) is 9.97 Å². The molecule has 4 nitrogen and oxygen atoms in total. The van der Waals surface area contributed by atoms with Gasteiger partial charge in [0.1, 0.15) is 11.6 Å². The van der Waals surface area contributed by atoms with Crippen LogP contribution in [0.3, 0.4) is 0 Å². The maximum atomic E-state index is 16.3. The summed E-state index contributed by atoms with van der Waals surface area (Å²) in [6.45, 7) is 0. The van der Waals surface area contributed by atoms with E-state index >= 15 is 22.0 Å². The molecule has 3 aromatic heterocycles. The van der Waals surface area contributed by atoms with Crippen LogP contribution in [0.2, 0.25) is 0 Å². The summed E-state index contributed by atoms with van der Waals surface area (Å²) in [6.07, 6.45) is 14.8. The molecule has 0 spiro atoms. The molecular formula is C59H37F5N4. The van der Waals surface area contributed by atoms with Gasteiger partial charge in [0.05, 0.1) is 50.7 Å². The van der Waals surface area contributed by atoms with E-state index in [0.29, 0.717) is 23.1 Å². The standard InChI is InChI=1S/C59H37F5N4/c60-41-29-40(30-42(61)33-41)49-34-56(68-52-22-10-8-18-46(52)48-26-24-39(32-54(48)68)44-20-12-28-66-58(44)37-15-5-2-6-16-37)50(59(62,63)64)35-55(49)67-51-21-9-7-17-45(51)47-25-23-38(31-53(47)67)43-19-11-27-65-57(43)36-13-3-1-4-14-36/h1-15,17-35,52H,16H2. The zero-order chi connectivity index (χ0) is 46.1. The highest BCUT2D eigenvalue weighted by molar-refractivity contribution is 6.11. The van der Waals surface area contributed by atoms with Crippen LogP contribution in [0.5, 0.6) is 0 Å². The molecule has 12 rings (SSSR count). The molecule has 3 aliphatic rings. The molecule has 0 saturated heterocycles. The van der Waals surface area contributed by atoms with Gasteiger partial charge in [0.25, 0.3) is 0 Å². The summed E-state index contributed by atoms with van der Waals surface area (Å²) < 4.78 is 81.6. The Labute approximate surface area is 386 Å². The van der Waals surface area contributed by atoms with Crippen molar-refractivity contribution < 1.29 is 22.0 Å². The molecule has 1 unspecified atom stereocenters. The van der Waals surface area contributed by atoms with E-state index in [-0.39, 0.29) is 22.5 Å². The molecular weight excluding hydrogens is 860 g/mol. The van der Waals surface area contributed by atoms with Gasteiger partial charge < -0.3 is 9.47 Å². The molecule has 68 heavy (non-hydrogen) atoms. The predicted octanol–water partition coefficient (Wildman–Crippen LogP) is 13.6.